The Morgan fingerprint density at radius 1 is 1.30 bits per heavy atom. The van der Waals surface area contributed by atoms with Crippen LogP contribution in [0, 0.1) is 0 Å². The molecule has 20 heavy (non-hydrogen) atoms. The monoisotopic (exact) mass is 289 g/mol. The van der Waals surface area contributed by atoms with E-state index in [2.05, 4.69) is 0 Å². The second-order valence-corrected chi connectivity index (χ2v) is 4.44. The number of halogens is 3. The van der Waals surface area contributed by atoms with Gasteiger partial charge in [-0.25, -0.2) is 0 Å². The van der Waals surface area contributed by atoms with Gasteiger partial charge >= 0.3 is 6.18 Å². The molecule has 0 unspecified atom stereocenters. The van der Waals surface area contributed by atoms with Gasteiger partial charge in [-0.05, 0) is 24.2 Å². The summed E-state index contributed by atoms with van der Waals surface area (Å²) in [5, 5.41) is 1.86. The molecule has 1 amide bonds. The van der Waals surface area contributed by atoms with Crippen LogP contribution in [0.1, 0.15) is 12.5 Å². The summed E-state index contributed by atoms with van der Waals surface area (Å²) in [4.78, 5) is 13.2. The van der Waals surface area contributed by atoms with Crippen LogP contribution in [0.3, 0.4) is 0 Å². The topological polar surface area (TPSA) is 58.4 Å². The molecule has 0 fully saturated rings. The number of hydrogen-bond acceptors (Lipinski definition) is 3. The molecule has 0 saturated heterocycles. The highest BCUT2D eigenvalue weighted by atomic mass is 19.4. The van der Waals surface area contributed by atoms with E-state index < -0.39 is 18.6 Å². The van der Waals surface area contributed by atoms with Crippen LogP contribution >= 0.6 is 0 Å². The molecule has 0 heterocycles. The van der Waals surface area contributed by atoms with Crippen LogP contribution in [0.5, 0.6) is 0 Å². The molecule has 0 aliphatic heterocycles. The third-order valence-electron chi connectivity index (χ3n) is 2.69. The number of nitrogen functional groups attached to an aromatic ring is 1. The highest BCUT2D eigenvalue weighted by Crippen LogP contribution is 2.12. The Bertz CT molecular complexity index is 431. The summed E-state index contributed by atoms with van der Waals surface area (Å²) in [5.74, 6) is -0.639. The molecule has 1 aromatic carbocycles. The molecule has 0 aliphatic carbocycles. The van der Waals surface area contributed by atoms with Crippen molar-refractivity contribution < 1.29 is 18.0 Å². The molecule has 0 aromatic heterocycles. The summed E-state index contributed by atoms with van der Waals surface area (Å²) in [6, 6.07) is 7.14. The second kappa shape index (κ2) is 7.14. The van der Waals surface area contributed by atoms with Crippen LogP contribution in [0.15, 0.2) is 24.3 Å². The smallest absolute Gasteiger partial charge is 0.399 e. The van der Waals surface area contributed by atoms with Gasteiger partial charge < -0.3 is 11.1 Å². The van der Waals surface area contributed by atoms with Crippen LogP contribution in [0.25, 0.3) is 0 Å². The van der Waals surface area contributed by atoms with Gasteiger partial charge in [0.25, 0.3) is 0 Å². The predicted molar refractivity (Wildman–Crippen MR) is 70.9 cm³/mol. The van der Waals surface area contributed by atoms with E-state index in [0.717, 1.165) is 5.56 Å². The third-order valence-corrected chi connectivity index (χ3v) is 2.69. The van der Waals surface area contributed by atoms with Crippen LogP contribution in [-0.2, 0) is 11.3 Å². The van der Waals surface area contributed by atoms with Crippen molar-refractivity contribution in [3.05, 3.63) is 29.8 Å². The molecule has 0 radical (unpaired) electrons. The zero-order valence-corrected chi connectivity index (χ0v) is 11.2. The SMILES string of the molecule is CCN(CC(=O)NCC(F)(F)F)Cc1ccc(N)cc1. The Morgan fingerprint density at radius 3 is 2.40 bits per heavy atom. The second-order valence-electron chi connectivity index (χ2n) is 4.44. The van der Waals surface area contributed by atoms with E-state index in [-0.39, 0.29) is 6.54 Å². The van der Waals surface area contributed by atoms with Gasteiger partial charge in [0.05, 0.1) is 6.54 Å². The van der Waals surface area contributed by atoms with Crippen LogP contribution < -0.4 is 11.1 Å². The number of carbonyl (C=O) groups is 1. The van der Waals surface area contributed by atoms with Crippen molar-refractivity contribution in [1.82, 2.24) is 10.2 Å². The normalized spacial score (nSPS) is 11.7. The number of alkyl halides is 3. The quantitative estimate of drug-likeness (QED) is 0.785. The summed E-state index contributed by atoms with van der Waals surface area (Å²) < 4.78 is 35.9. The van der Waals surface area contributed by atoms with E-state index >= 15 is 0 Å². The fourth-order valence-electron chi connectivity index (χ4n) is 1.62. The standard InChI is InChI=1S/C13H18F3N3O/c1-2-19(7-10-3-5-11(17)6-4-10)8-12(20)18-9-13(14,15)16/h3-6H,2,7-9,17H2,1H3,(H,18,20). The maximum absolute atomic E-state index is 12.0. The molecule has 3 N–H and O–H groups in total. The third kappa shape index (κ3) is 6.42. The minimum atomic E-state index is -4.39. The number of benzene rings is 1. The lowest BCUT2D eigenvalue weighted by Gasteiger charge is -2.20. The summed E-state index contributed by atoms with van der Waals surface area (Å²) in [5.41, 5.74) is 7.15. The maximum atomic E-state index is 12.0. The Labute approximate surface area is 115 Å². The van der Waals surface area contributed by atoms with Crippen molar-refractivity contribution in [1.29, 1.82) is 0 Å². The number of nitrogens with zero attached hydrogens (tertiary/aromatic N) is 1. The van der Waals surface area contributed by atoms with Gasteiger partial charge in [-0.15, -0.1) is 0 Å². The number of nitrogens with two attached hydrogens (primary N) is 1. The van der Waals surface area contributed by atoms with Crippen LogP contribution in [0.2, 0.25) is 0 Å². The zero-order valence-electron chi connectivity index (χ0n) is 11.2. The molecule has 7 heteroatoms. The van der Waals surface area contributed by atoms with Crippen molar-refractivity contribution in [2.75, 3.05) is 25.4 Å². The van der Waals surface area contributed by atoms with Gasteiger partial charge in [-0.2, -0.15) is 13.2 Å². The lowest BCUT2D eigenvalue weighted by molar-refractivity contribution is -0.139. The summed E-state index contributed by atoms with van der Waals surface area (Å²) in [6.07, 6.45) is -4.39. The minimum Gasteiger partial charge on any atom is -0.399 e. The molecule has 1 rings (SSSR count). The van der Waals surface area contributed by atoms with Gasteiger partial charge in [0.2, 0.25) is 5.91 Å². The fraction of sp³-hybridized carbons (Fsp3) is 0.462. The Morgan fingerprint density at radius 2 is 1.90 bits per heavy atom. The highest BCUT2D eigenvalue weighted by Gasteiger charge is 2.27. The van der Waals surface area contributed by atoms with Gasteiger partial charge in [-0.1, -0.05) is 19.1 Å². The molecule has 1 aromatic rings. The number of rotatable bonds is 6. The van der Waals surface area contributed by atoms with Crippen molar-refractivity contribution in [3.63, 3.8) is 0 Å². The largest absolute Gasteiger partial charge is 0.405 e. The van der Waals surface area contributed by atoms with E-state index in [1.54, 1.807) is 17.0 Å². The first-order chi connectivity index (χ1) is 9.30. The zero-order chi connectivity index (χ0) is 15.2. The Kier molecular flexibility index (Phi) is 5.82. The number of likely N-dealkylation sites (N-methyl/N-ethyl adjacent to an activating group) is 1. The first-order valence-electron chi connectivity index (χ1n) is 6.20. The molecular weight excluding hydrogens is 271 g/mol. The molecule has 0 saturated carbocycles. The highest BCUT2D eigenvalue weighted by molar-refractivity contribution is 5.78. The number of hydrogen-bond donors (Lipinski definition) is 2. The fourth-order valence-corrected chi connectivity index (χ4v) is 1.62. The maximum Gasteiger partial charge on any atom is 0.405 e. The molecule has 0 atom stereocenters. The van der Waals surface area contributed by atoms with Gasteiger partial charge in [0, 0.05) is 12.2 Å². The molecule has 112 valence electrons. The molecule has 0 spiro atoms. The Hall–Kier alpha value is -1.76. The average Bonchev–Trinajstić information content (AvgIpc) is 2.37. The van der Waals surface area contributed by atoms with Gasteiger partial charge in [0.1, 0.15) is 6.54 Å². The van der Waals surface area contributed by atoms with E-state index in [0.29, 0.717) is 18.8 Å². The first kappa shape index (κ1) is 16.3. The summed E-state index contributed by atoms with van der Waals surface area (Å²) in [7, 11) is 0. The first-order valence-corrected chi connectivity index (χ1v) is 6.20. The van der Waals surface area contributed by atoms with Crippen molar-refractivity contribution in [3.8, 4) is 0 Å². The van der Waals surface area contributed by atoms with E-state index in [4.69, 9.17) is 5.73 Å². The number of amides is 1. The number of carbonyl (C=O) groups excluding carboxylic acids is 1. The molecule has 0 bridgehead atoms. The van der Waals surface area contributed by atoms with Crippen LogP contribution in [0.4, 0.5) is 18.9 Å². The van der Waals surface area contributed by atoms with Crippen molar-refractivity contribution in [2.45, 2.75) is 19.6 Å². The van der Waals surface area contributed by atoms with E-state index in [1.807, 2.05) is 24.4 Å². The van der Waals surface area contributed by atoms with Crippen molar-refractivity contribution in [2.24, 2.45) is 0 Å². The Balaban J connectivity index is 2.46. The van der Waals surface area contributed by atoms with E-state index in [1.165, 1.54) is 0 Å². The molecule has 4 nitrogen and oxygen atoms in total. The van der Waals surface area contributed by atoms with Gasteiger partial charge in [0.15, 0.2) is 0 Å². The average molecular weight is 289 g/mol. The van der Waals surface area contributed by atoms with Crippen molar-refractivity contribution >= 4 is 11.6 Å². The lowest BCUT2D eigenvalue weighted by Crippen LogP contribution is -2.40. The summed E-state index contributed by atoms with van der Waals surface area (Å²) >= 11 is 0. The predicted octanol–water partition coefficient (Wildman–Crippen LogP) is 1.77. The minimum absolute atomic E-state index is 0.0725. The molecular formula is C13H18F3N3O. The summed E-state index contributed by atoms with van der Waals surface area (Å²) in [6.45, 7) is 1.51. The molecule has 0 aliphatic rings. The lowest BCUT2D eigenvalue weighted by atomic mass is 10.2. The van der Waals surface area contributed by atoms with E-state index in [9.17, 15) is 18.0 Å². The number of anilines is 1. The number of nitrogens with one attached hydrogen (secondary N) is 1. The van der Waals surface area contributed by atoms with Crippen LogP contribution in [-0.4, -0.2) is 36.6 Å². The van der Waals surface area contributed by atoms with Gasteiger partial charge in [-0.3, -0.25) is 9.69 Å².